The van der Waals surface area contributed by atoms with Gasteiger partial charge in [-0.1, -0.05) is 35.3 Å². The molecule has 12 heteroatoms. The molecule has 1 aromatic heterocycles. The number of ether oxygens (including phenoxy) is 1. The summed E-state index contributed by atoms with van der Waals surface area (Å²) < 4.78 is 6.00. The number of carbonyl (C=O) groups is 4. The Morgan fingerprint density at radius 3 is 2.49 bits per heavy atom. The van der Waals surface area contributed by atoms with E-state index in [1.165, 1.54) is 24.5 Å². The number of carboxylic acid groups (broad SMARTS) is 1. The molecule has 0 unspecified atom stereocenters. The van der Waals surface area contributed by atoms with Gasteiger partial charge >= 0.3 is 5.97 Å². The Morgan fingerprint density at radius 2 is 1.83 bits per heavy atom. The maximum atomic E-state index is 12.9. The van der Waals surface area contributed by atoms with Gasteiger partial charge in [-0.15, -0.1) is 11.3 Å². The van der Waals surface area contributed by atoms with Crippen LogP contribution in [0.3, 0.4) is 0 Å². The van der Waals surface area contributed by atoms with E-state index in [9.17, 15) is 24.3 Å². The van der Waals surface area contributed by atoms with Crippen LogP contribution in [0.1, 0.15) is 30.4 Å². The zero-order valence-corrected chi connectivity index (χ0v) is 24.5. The maximum Gasteiger partial charge on any atom is 0.305 e. The summed E-state index contributed by atoms with van der Waals surface area (Å²) in [6, 6.07) is 9.21. The summed E-state index contributed by atoms with van der Waals surface area (Å²) in [6.07, 6.45) is 3.51. The van der Waals surface area contributed by atoms with Crippen LogP contribution >= 0.6 is 34.5 Å². The van der Waals surface area contributed by atoms with E-state index in [2.05, 4.69) is 10.6 Å². The Morgan fingerprint density at radius 1 is 1.12 bits per heavy atom. The molecule has 0 bridgehead atoms. The smallest absolute Gasteiger partial charge is 0.305 e. The predicted molar refractivity (Wildman–Crippen MR) is 160 cm³/mol. The zero-order chi connectivity index (χ0) is 29.5. The van der Waals surface area contributed by atoms with E-state index < -0.39 is 30.2 Å². The SMILES string of the molecule is COc1ccc(CC(=O)N[C@@H](CC(=O)O)C(=O)NC2CCN(C(=O)/C=C/c3cc4ccsc4c(Cl)c3Cl)CC2)cc1. The van der Waals surface area contributed by atoms with Crippen LogP contribution in [0.2, 0.25) is 10.0 Å². The number of nitrogens with one attached hydrogen (secondary N) is 2. The number of carboxylic acids is 1. The molecule has 0 radical (unpaired) electrons. The molecule has 1 saturated heterocycles. The number of thiophene rings is 1. The number of nitrogens with zero attached hydrogens (tertiary/aromatic N) is 1. The summed E-state index contributed by atoms with van der Waals surface area (Å²) >= 11 is 14.3. The van der Waals surface area contributed by atoms with Crippen molar-refractivity contribution in [1.82, 2.24) is 15.5 Å². The first-order valence-electron chi connectivity index (χ1n) is 12.9. The summed E-state index contributed by atoms with van der Waals surface area (Å²) in [5.74, 6) is -1.80. The highest BCUT2D eigenvalue weighted by atomic mass is 35.5. The minimum atomic E-state index is -1.22. The van der Waals surface area contributed by atoms with Crippen LogP contribution in [0.15, 0.2) is 47.9 Å². The minimum Gasteiger partial charge on any atom is -0.497 e. The molecular weight excluding hydrogens is 589 g/mol. The molecule has 41 heavy (non-hydrogen) atoms. The van der Waals surface area contributed by atoms with Crippen molar-refractivity contribution in [3.8, 4) is 5.75 Å². The molecule has 3 aromatic rings. The third-order valence-electron chi connectivity index (χ3n) is 6.76. The van der Waals surface area contributed by atoms with Crippen molar-refractivity contribution < 1.29 is 29.0 Å². The molecule has 4 rings (SSSR count). The number of methoxy groups -OCH3 is 1. The third kappa shape index (κ3) is 8.00. The minimum absolute atomic E-state index is 0.0139. The Kier molecular flexibility index (Phi) is 10.3. The fourth-order valence-electron chi connectivity index (χ4n) is 4.56. The van der Waals surface area contributed by atoms with E-state index >= 15 is 0 Å². The van der Waals surface area contributed by atoms with E-state index in [1.807, 2.05) is 17.5 Å². The highest BCUT2D eigenvalue weighted by Gasteiger charge is 2.28. The molecule has 1 aliphatic heterocycles. The second-order valence-electron chi connectivity index (χ2n) is 9.62. The largest absolute Gasteiger partial charge is 0.497 e. The molecule has 1 aliphatic rings. The van der Waals surface area contributed by atoms with Crippen LogP contribution < -0.4 is 15.4 Å². The van der Waals surface area contributed by atoms with Crippen molar-refractivity contribution in [2.45, 2.75) is 37.8 Å². The Balaban J connectivity index is 1.29. The van der Waals surface area contributed by atoms with Gasteiger partial charge in [0.25, 0.3) is 0 Å². The van der Waals surface area contributed by atoms with Gasteiger partial charge in [0.15, 0.2) is 0 Å². The van der Waals surface area contributed by atoms with Crippen LogP contribution in [0.25, 0.3) is 16.2 Å². The first-order chi connectivity index (χ1) is 19.6. The lowest BCUT2D eigenvalue weighted by Gasteiger charge is -2.32. The van der Waals surface area contributed by atoms with E-state index in [4.69, 9.17) is 27.9 Å². The molecule has 1 atom stereocenters. The average molecular weight is 619 g/mol. The predicted octanol–water partition coefficient (Wildman–Crippen LogP) is 4.54. The van der Waals surface area contributed by atoms with Crippen molar-refractivity contribution in [3.05, 3.63) is 69.0 Å². The normalized spacial score (nSPS) is 14.7. The maximum absolute atomic E-state index is 12.9. The van der Waals surface area contributed by atoms with Crippen LogP contribution in [-0.2, 0) is 25.6 Å². The summed E-state index contributed by atoms with van der Waals surface area (Å²) in [5, 5.41) is 18.4. The van der Waals surface area contributed by atoms with Crippen molar-refractivity contribution >= 4 is 74.4 Å². The number of amides is 3. The van der Waals surface area contributed by atoms with E-state index in [0.717, 1.165) is 10.1 Å². The van der Waals surface area contributed by atoms with Gasteiger partial charge in [0.1, 0.15) is 11.8 Å². The molecule has 0 saturated carbocycles. The molecule has 2 heterocycles. The summed E-state index contributed by atoms with van der Waals surface area (Å²) in [4.78, 5) is 51.3. The van der Waals surface area contributed by atoms with E-state index in [0.29, 0.717) is 52.9 Å². The van der Waals surface area contributed by atoms with Crippen molar-refractivity contribution in [2.75, 3.05) is 20.2 Å². The van der Waals surface area contributed by atoms with Crippen LogP contribution in [0.5, 0.6) is 5.75 Å². The van der Waals surface area contributed by atoms with Gasteiger partial charge in [-0.25, -0.2) is 0 Å². The first-order valence-corrected chi connectivity index (χ1v) is 14.5. The summed E-state index contributed by atoms with van der Waals surface area (Å²) in [7, 11) is 1.54. The Bertz CT molecular complexity index is 1470. The van der Waals surface area contributed by atoms with Crippen LogP contribution in [0.4, 0.5) is 0 Å². The Labute approximate surface area is 251 Å². The number of halogens is 2. The summed E-state index contributed by atoms with van der Waals surface area (Å²) in [5.41, 5.74) is 1.35. The van der Waals surface area contributed by atoms with Crippen molar-refractivity contribution in [1.29, 1.82) is 0 Å². The standard InChI is InChI=1S/C29H29Cl2N3O6S/c1-40-21-5-2-17(3-6-21)14-23(35)33-22(16-25(37)38)29(39)32-20-8-11-34(12-9-20)24(36)7-4-18-15-19-10-13-41-28(19)27(31)26(18)30/h2-7,10,13,15,20,22H,8-9,11-12,14,16H2,1H3,(H,32,39)(H,33,35)(H,37,38)/b7-4+/t22-/m0/s1. The number of piperidine rings is 1. The molecule has 216 valence electrons. The second-order valence-corrected chi connectivity index (χ2v) is 11.3. The van der Waals surface area contributed by atoms with Crippen molar-refractivity contribution in [3.63, 3.8) is 0 Å². The number of hydrogen-bond donors (Lipinski definition) is 3. The van der Waals surface area contributed by atoms with E-state index in [1.54, 1.807) is 35.2 Å². The molecule has 9 nitrogen and oxygen atoms in total. The quantitative estimate of drug-likeness (QED) is 0.287. The zero-order valence-electron chi connectivity index (χ0n) is 22.2. The summed E-state index contributed by atoms with van der Waals surface area (Å²) in [6.45, 7) is 0.805. The molecule has 0 spiro atoms. The fraction of sp³-hybridized carbons (Fsp3) is 0.310. The lowest BCUT2D eigenvalue weighted by molar-refractivity contribution is -0.141. The van der Waals surface area contributed by atoms with Gasteiger partial charge < -0.3 is 25.4 Å². The lowest BCUT2D eigenvalue weighted by Crippen LogP contribution is -2.53. The molecule has 3 N–H and O–H groups in total. The molecule has 0 aliphatic carbocycles. The highest BCUT2D eigenvalue weighted by molar-refractivity contribution is 7.18. The number of likely N-dealkylation sites (tertiary alicyclic amines) is 1. The van der Waals surface area contributed by atoms with Gasteiger partial charge in [0, 0.05) is 25.2 Å². The van der Waals surface area contributed by atoms with E-state index in [-0.39, 0.29) is 18.4 Å². The lowest BCUT2D eigenvalue weighted by atomic mass is 10.0. The number of fused-ring (bicyclic) bond motifs is 1. The van der Waals surface area contributed by atoms with Gasteiger partial charge in [0.2, 0.25) is 17.7 Å². The fourth-order valence-corrected chi connectivity index (χ4v) is 6.00. The van der Waals surface area contributed by atoms with Crippen LogP contribution in [-0.4, -0.2) is 66.0 Å². The number of hydrogen-bond acceptors (Lipinski definition) is 6. The number of carbonyl (C=O) groups excluding carboxylic acids is 3. The average Bonchev–Trinajstić information content (AvgIpc) is 3.43. The number of rotatable bonds is 10. The molecule has 3 amide bonds. The monoisotopic (exact) mass is 617 g/mol. The second kappa shape index (κ2) is 13.8. The van der Waals surface area contributed by atoms with Gasteiger partial charge in [-0.3, -0.25) is 19.2 Å². The van der Waals surface area contributed by atoms with Gasteiger partial charge in [-0.2, -0.15) is 0 Å². The molecule has 1 fully saturated rings. The number of benzene rings is 2. The third-order valence-corrected chi connectivity index (χ3v) is 8.71. The molecule has 2 aromatic carbocycles. The highest BCUT2D eigenvalue weighted by Crippen LogP contribution is 2.37. The Hall–Kier alpha value is -3.60. The van der Waals surface area contributed by atoms with Crippen molar-refractivity contribution in [2.24, 2.45) is 0 Å². The van der Waals surface area contributed by atoms with Crippen LogP contribution in [0, 0.1) is 0 Å². The van der Waals surface area contributed by atoms with Gasteiger partial charge in [-0.05, 0) is 65.1 Å². The molecular formula is C29H29Cl2N3O6S. The van der Waals surface area contributed by atoms with Gasteiger partial charge in [0.05, 0.1) is 34.7 Å². The first kappa shape index (κ1) is 30.4. The topological polar surface area (TPSA) is 125 Å². The number of aliphatic carboxylic acids is 1.